The number of aromatic nitrogens is 4. The standard InChI is InChI=1S/C11H12BrN5O/c12-8-3-4-9(14-6-8)11(18)13-5-1-2-10-15-7-16-17-10/h3-4,6-7H,1-2,5H2,(H,13,18)(H,15,16,17). The molecule has 2 aromatic rings. The molecule has 2 N–H and O–H groups in total. The molecule has 0 aliphatic rings. The van der Waals surface area contributed by atoms with Gasteiger partial charge in [0.15, 0.2) is 0 Å². The van der Waals surface area contributed by atoms with Gasteiger partial charge < -0.3 is 5.32 Å². The summed E-state index contributed by atoms with van der Waals surface area (Å²) >= 11 is 3.27. The van der Waals surface area contributed by atoms with Gasteiger partial charge in [-0.2, -0.15) is 5.10 Å². The van der Waals surface area contributed by atoms with Crippen LogP contribution in [-0.2, 0) is 6.42 Å². The molecule has 18 heavy (non-hydrogen) atoms. The summed E-state index contributed by atoms with van der Waals surface area (Å²) in [5.74, 6) is 0.658. The molecule has 0 bridgehead atoms. The van der Waals surface area contributed by atoms with E-state index in [1.54, 1.807) is 18.3 Å². The van der Waals surface area contributed by atoms with E-state index in [4.69, 9.17) is 0 Å². The van der Waals surface area contributed by atoms with E-state index >= 15 is 0 Å². The van der Waals surface area contributed by atoms with Gasteiger partial charge in [0.1, 0.15) is 17.8 Å². The lowest BCUT2D eigenvalue weighted by atomic mass is 10.3. The molecule has 0 atom stereocenters. The average molecular weight is 310 g/mol. The van der Waals surface area contributed by atoms with Crippen molar-refractivity contribution in [3.8, 4) is 0 Å². The maximum Gasteiger partial charge on any atom is 0.269 e. The lowest BCUT2D eigenvalue weighted by Gasteiger charge is -2.03. The number of aromatic amines is 1. The zero-order valence-electron chi connectivity index (χ0n) is 9.56. The van der Waals surface area contributed by atoms with Crippen LogP contribution in [0.15, 0.2) is 29.1 Å². The van der Waals surface area contributed by atoms with Crippen molar-refractivity contribution in [2.75, 3.05) is 6.54 Å². The van der Waals surface area contributed by atoms with Crippen molar-refractivity contribution in [1.82, 2.24) is 25.5 Å². The summed E-state index contributed by atoms with van der Waals surface area (Å²) in [6.07, 6.45) is 4.63. The van der Waals surface area contributed by atoms with E-state index in [1.807, 2.05) is 0 Å². The number of halogens is 1. The van der Waals surface area contributed by atoms with E-state index in [1.165, 1.54) is 6.33 Å². The van der Waals surface area contributed by atoms with E-state index in [2.05, 4.69) is 41.4 Å². The van der Waals surface area contributed by atoms with E-state index < -0.39 is 0 Å². The smallest absolute Gasteiger partial charge is 0.269 e. The minimum atomic E-state index is -0.167. The summed E-state index contributed by atoms with van der Waals surface area (Å²) in [7, 11) is 0. The highest BCUT2D eigenvalue weighted by atomic mass is 79.9. The molecule has 0 fully saturated rings. The van der Waals surface area contributed by atoms with Crippen LogP contribution in [0, 0.1) is 0 Å². The number of carbonyl (C=O) groups is 1. The zero-order valence-corrected chi connectivity index (χ0v) is 11.1. The number of rotatable bonds is 5. The molecule has 0 aliphatic heterocycles. The Balaban J connectivity index is 1.73. The van der Waals surface area contributed by atoms with Gasteiger partial charge in [0.2, 0.25) is 0 Å². The summed E-state index contributed by atoms with van der Waals surface area (Å²) < 4.78 is 0.851. The van der Waals surface area contributed by atoms with Gasteiger partial charge in [-0.25, -0.2) is 9.97 Å². The van der Waals surface area contributed by atoms with Crippen molar-refractivity contribution in [3.05, 3.63) is 40.6 Å². The number of H-pyrrole nitrogens is 1. The van der Waals surface area contributed by atoms with Gasteiger partial charge in [-0.1, -0.05) is 0 Å². The van der Waals surface area contributed by atoms with Crippen molar-refractivity contribution in [3.63, 3.8) is 0 Å². The van der Waals surface area contributed by atoms with Crippen molar-refractivity contribution in [2.45, 2.75) is 12.8 Å². The molecule has 0 aromatic carbocycles. The van der Waals surface area contributed by atoms with Crippen LogP contribution in [0.3, 0.4) is 0 Å². The van der Waals surface area contributed by atoms with Crippen LogP contribution in [0.1, 0.15) is 22.7 Å². The highest BCUT2D eigenvalue weighted by Gasteiger charge is 2.05. The molecule has 1 amide bonds. The second-order valence-electron chi connectivity index (χ2n) is 3.65. The Morgan fingerprint density at radius 1 is 1.39 bits per heavy atom. The van der Waals surface area contributed by atoms with E-state index in [0.29, 0.717) is 12.2 Å². The first-order valence-corrected chi connectivity index (χ1v) is 6.29. The molecule has 0 saturated heterocycles. The Morgan fingerprint density at radius 3 is 2.94 bits per heavy atom. The molecule has 94 valence electrons. The Labute approximate surface area is 112 Å². The molecular formula is C11H12BrN5O. The third-order valence-electron chi connectivity index (χ3n) is 2.30. The normalized spacial score (nSPS) is 10.3. The highest BCUT2D eigenvalue weighted by molar-refractivity contribution is 9.10. The predicted molar refractivity (Wildman–Crippen MR) is 69.0 cm³/mol. The zero-order chi connectivity index (χ0) is 12.8. The largest absolute Gasteiger partial charge is 0.351 e. The molecule has 2 heterocycles. The third-order valence-corrected chi connectivity index (χ3v) is 2.77. The van der Waals surface area contributed by atoms with Gasteiger partial charge in [0.25, 0.3) is 5.91 Å². The lowest BCUT2D eigenvalue weighted by Crippen LogP contribution is -2.25. The molecular weight excluding hydrogens is 298 g/mol. The van der Waals surface area contributed by atoms with Gasteiger partial charge >= 0.3 is 0 Å². The molecule has 0 radical (unpaired) electrons. The molecule has 6 nitrogen and oxygen atoms in total. The molecule has 0 unspecified atom stereocenters. The quantitative estimate of drug-likeness (QED) is 0.816. The Kier molecular flexibility index (Phi) is 4.40. The Morgan fingerprint density at radius 2 is 2.28 bits per heavy atom. The molecule has 0 saturated carbocycles. The van der Waals surface area contributed by atoms with Crippen LogP contribution in [-0.4, -0.2) is 32.6 Å². The van der Waals surface area contributed by atoms with Crippen molar-refractivity contribution < 1.29 is 4.79 Å². The SMILES string of the molecule is O=C(NCCCc1ncn[nH]1)c1ccc(Br)cn1. The third kappa shape index (κ3) is 3.63. The predicted octanol–water partition coefficient (Wildman–Crippen LogP) is 1.32. The van der Waals surface area contributed by atoms with Gasteiger partial charge in [0, 0.05) is 23.6 Å². The first-order chi connectivity index (χ1) is 8.75. The molecule has 7 heteroatoms. The molecule has 2 aromatic heterocycles. The first kappa shape index (κ1) is 12.7. The number of aryl methyl sites for hydroxylation is 1. The number of hydrogen-bond donors (Lipinski definition) is 2. The second-order valence-corrected chi connectivity index (χ2v) is 4.57. The van der Waals surface area contributed by atoms with E-state index in [0.717, 1.165) is 23.1 Å². The number of hydrogen-bond acceptors (Lipinski definition) is 4. The maximum atomic E-state index is 11.7. The van der Waals surface area contributed by atoms with Crippen molar-refractivity contribution in [2.24, 2.45) is 0 Å². The van der Waals surface area contributed by atoms with E-state index in [9.17, 15) is 4.79 Å². The number of pyridine rings is 1. The van der Waals surface area contributed by atoms with Crippen LogP contribution in [0.5, 0.6) is 0 Å². The summed E-state index contributed by atoms with van der Waals surface area (Å²) in [5.41, 5.74) is 0.415. The van der Waals surface area contributed by atoms with Crippen LogP contribution in [0.4, 0.5) is 0 Å². The fourth-order valence-corrected chi connectivity index (χ4v) is 1.64. The maximum absolute atomic E-state index is 11.7. The average Bonchev–Trinajstić information content (AvgIpc) is 2.88. The lowest BCUT2D eigenvalue weighted by molar-refractivity contribution is 0.0948. The Hall–Kier alpha value is -1.76. The number of nitrogens with one attached hydrogen (secondary N) is 2. The summed E-state index contributed by atoms with van der Waals surface area (Å²) in [6.45, 7) is 0.581. The topological polar surface area (TPSA) is 83.6 Å². The second kappa shape index (κ2) is 6.25. The van der Waals surface area contributed by atoms with Gasteiger partial charge in [-0.15, -0.1) is 0 Å². The van der Waals surface area contributed by atoms with Gasteiger partial charge in [0.05, 0.1) is 0 Å². The molecule has 0 spiro atoms. The van der Waals surface area contributed by atoms with E-state index in [-0.39, 0.29) is 5.91 Å². The molecule has 0 aliphatic carbocycles. The van der Waals surface area contributed by atoms with Gasteiger partial charge in [-0.05, 0) is 34.5 Å². The Bertz CT molecular complexity index is 497. The molecule has 2 rings (SSSR count). The van der Waals surface area contributed by atoms with Crippen LogP contribution < -0.4 is 5.32 Å². The fourth-order valence-electron chi connectivity index (χ4n) is 1.41. The van der Waals surface area contributed by atoms with Crippen LogP contribution in [0.25, 0.3) is 0 Å². The minimum absolute atomic E-state index is 0.167. The first-order valence-electron chi connectivity index (χ1n) is 5.49. The summed E-state index contributed by atoms with van der Waals surface area (Å²) in [5, 5.41) is 9.33. The van der Waals surface area contributed by atoms with Crippen LogP contribution >= 0.6 is 15.9 Å². The fraction of sp³-hybridized carbons (Fsp3) is 0.273. The van der Waals surface area contributed by atoms with Crippen molar-refractivity contribution >= 4 is 21.8 Å². The van der Waals surface area contributed by atoms with Crippen LogP contribution in [0.2, 0.25) is 0 Å². The summed E-state index contributed by atoms with van der Waals surface area (Å²) in [4.78, 5) is 19.7. The van der Waals surface area contributed by atoms with Crippen molar-refractivity contribution in [1.29, 1.82) is 0 Å². The summed E-state index contributed by atoms with van der Waals surface area (Å²) in [6, 6.07) is 3.46. The number of amides is 1. The highest BCUT2D eigenvalue weighted by Crippen LogP contribution is 2.07. The number of nitrogens with zero attached hydrogens (tertiary/aromatic N) is 3. The number of carbonyl (C=O) groups excluding carboxylic acids is 1. The van der Waals surface area contributed by atoms with Gasteiger partial charge in [-0.3, -0.25) is 9.89 Å². The monoisotopic (exact) mass is 309 g/mol. The minimum Gasteiger partial charge on any atom is -0.351 e.